The molecule has 1 aliphatic rings. The van der Waals surface area contributed by atoms with E-state index < -0.39 is 0 Å². The molecule has 138 valence electrons. The number of likely N-dealkylation sites (tertiary alicyclic amines) is 1. The van der Waals surface area contributed by atoms with E-state index in [0.717, 1.165) is 32.5 Å². The van der Waals surface area contributed by atoms with Gasteiger partial charge in [0.05, 0.1) is 11.9 Å². The van der Waals surface area contributed by atoms with Crippen molar-refractivity contribution in [3.8, 4) is 0 Å². The summed E-state index contributed by atoms with van der Waals surface area (Å²) in [5.41, 5.74) is 0.682. The summed E-state index contributed by atoms with van der Waals surface area (Å²) in [6.45, 7) is 9.52. The maximum atomic E-state index is 12.0. The van der Waals surface area contributed by atoms with Crippen molar-refractivity contribution in [3.63, 3.8) is 0 Å². The van der Waals surface area contributed by atoms with Crippen molar-refractivity contribution >= 4 is 17.6 Å². The average molecular weight is 346 g/mol. The lowest BCUT2D eigenvalue weighted by Crippen LogP contribution is -2.50. The van der Waals surface area contributed by atoms with Gasteiger partial charge in [0.1, 0.15) is 6.54 Å². The lowest BCUT2D eigenvalue weighted by molar-refractivity contribution is -0.114. The van der Waals surface area contributed by atoms with E-state index >= 15 is 0 Å². The Balaban J connectivity index is 1.83. The van der Waals surface area contributed by atoms with Crippen LogP contribution in [-0.2, 0) is 4.79 Å². The fourth-order valence-corrected chi connectivity index (χ4v) is 2.86. The Labute approximate surface area is 150 Å². The van der Waals surface area contributed by atoms with Crippen molar-refractivity contribution in [2.24, 2.45) is 4.99 Å². The molecule has 0 bridgehead atoms. The van der Waals surface area contributed by atoms with Gasteiger partial charge >= 0.3 is 0 Å². The number of amides is 1. The molecule has 0 aromatic carbocycles. The molecule has 0 spiro atoms. The van der Waals surface area contributed by atoms with Crippen molar-refractivity contribution in [1.29, 1.82) is 0 Å². The second-order valence-corrected chi connectivity index (χ2v) is 6.53. The molecule has 7 nitrogen and oxygen atoms in total. The maximum Gasteiger partial charge on any atom is 0.246 e. The number of piperidine rings is 1. The molecule has 0 unspecified atom stereocenters. The number of guanidine groups is 1. The van der Waals surface area contributed by atoms with Crippen LogP contribution in [0.15, 0.2) is 29.5 Å². The number of carbonyl (C=O) groups excluding carboxylic acids is 1. The number of pyridine rings is 1. The summed E-state index contributed by atoms with van der Waals surface area (Å²) in [5.74, 6) is 0.548. The number of nitrogens with one attached hydrogen (secondary N) is 3. The van der Waals surface area contributed by atoms with Crippen molar-refractivity contribution < 1.29 is 4.79 Å². The van der Waals surface area contributed by atoms with Crippen molar-refractivity contribution in [2.45, 2.75) is 45.7 Å². The lowest BCUT2D eigenvalue weighted by atomic mass is 10.0. The van der Waals surface area contributed by atoms with Crippen LogP contribution in [0.5, 0.6) is 0 Å². The van der Waals surface area contributed by atoms with E-state index in [0.29, 0.717) is 23.7 Å². The molecule has 3 N–H and O–H groups in total. The number of carbonyl (C=O) groups is 1. The van der Waals surface area contributed by atoms with Crippen LogP contribution in [0.3, 0.4) is 0 Å². The van der Waals surface area contributed by atoms with Gasteiger partial charge in [0.2, 0.25) is 5.91 Å². The largest absolute Gasteiger partial charge is 0.357 e. The molecular formula is C18H30N6O. The van der Waals surface area contributed by atoms with Gasteiger partial charge in [0.15, 0.2) is 5.96 Å². The van der Waals surface area contributed by atoms with Crippen molar-refractivity contribution in [1.82, 2.24) is 20.5 Å². The minimum Gasteiger partial charge on any atom is -0.357 e. The second-order valence-electron chi connectivity index (χ2n) is 6.53. The highest BCUT2D eigenvalue weighted by molar-refractivity contribution is 5.93. The smallest absolute Gasteiger partial charge is 0.246 e. The van der Waals surface area contributed by atoms with Gasteiger partial charge in [-0.15, -0.1) is 0 Å². The zero-order valence-corrected chi connectivity index (χ0v) is 15.5. The molecule has 0 saturated carbocycles. The number of hydrogen-bond acceptors (Lipinski definition) is 4. The van der Waals surface area contributed by atoms with E-state index in [1.807, 2.05) is 6.92 Å². The first-order valence-electron chi connectivity index (χ1n) is 9.07. The number of aromatic nitrogens is 1. The molecule has 1 aromatic heterocycles. The fourth-order valence-electron chi connectivity index (χ4n) is 2.86. The summed E-state index contributed by atoms with van der Waals surface area (Å²) >= 11 is 0. The zero-order valence-electron chi connectivity index (χ0n) is 15.5. The van der Waals surface area contributed by atoms with E-state index in [2.05, 4.69) is 44.7 Å². The molecule has 1 aliphatic heterocycles. The Kier molecular flexibility index (Phi) is 7.66. The van der Waals surface area contributed by atoms with Crippen LogP contribution in [0.2, 0.25) is 0 Å². The lowest BCUT2D eigenvalue weighted by Gasteiger charge is -2.35. The van der Waals surface area contributed by atoms with E-state index in [1.54, 1.807) is 24.5 Å². The molecule has 25 heavy (non-hydrogen) atoms. The maximum absolute atomic E-state index is 12.0. The number of rotatable bonds is 6. The van der Waals surface area contributed by atoms with Crippen LogP contribution >= 0.6 is 0 Å². The third kappa shape index (κ3) is 6.70. The van der Waals surface area contributed by atoms with Crippen LogP contribution < -0.4 is 16.0 Å². The molecule has 0 aliphatic carbocycles. The number of aliphatic imine (C=N–C) groups is 1. The molecule has 2 rings (SSSR count). The first-order valence-corrected chi connectivity index (χ1v) is 9.07. The van der Waals surface area contributed by atoms with Gasteiger partial charge in [0.25, 0.3) is 0 Å². The SMILES string of the molecule is CCNC(=NCC(=O)Nc1cccnc1)NC1CCN(C(C)C)CC1. The highest BCUT2D eigenvalue weighted by Gasteiger charge is 2.21. The number of anilines is 1. The molecule has 1 saturated heterocycles. The first kappa shape index (κ1) is 19.2. The number of nitrogens with zero attached hydrogens (tertiary/aromatic N) is 3. The summed E-state index contributed by atoms with van der Waals surface area (Å²) in [6, 6.07) is 4.59. The quantitative estimate of drug-likeness (QED) is 0.536. The fraction of sp³-hybridized carbons (Fsp3) is 0.611. The molecule has 0 atom stereocenters. The van der Waals surface area contributed by atoms with Gasteiger partial charge in [-0.3, -0.25) is 9.78 Å². The Morgan fingerprint density at radius 3 is 2.76 bits per heavy atom. The van der Waals surface area contributed by atoms with Crippen LogP contribution in [0.25, 0.3) is 0 Å². The predicted molar refractivity (Wildman–Crippen MR) is 102 cm³/mol. The third-order valence-corrected chi connectivity index (χ3v) is 4.27. The summed E-state index contributed by atoms with van der Waals surface area (Å²) in [4.78, 5) is 22.9. The van der Waals surface area contributed by atoms with Crippen molar-refractivity contribution in [2.75, 3.05) is 31.5 Å². The normalized spacial score (nSPS) is 16.7. The van der Waals surface area contributed by atoms with Gasteiger partial charge < -0.3 is 20.9 Å². The van der Waals surface area contributed by atoms with E-state index in [9.17, 15) is 4.79 Å². The zero-order chi connectivity index (χ0) is 18.1. The Bertz CT molecular complexity index is 552. The van der Waals surface area contributed by atoms with E-state index in [1.165, 1.54) is 0 Å². The van der Waals surface area contributed by atoms with Gasteiger partial charge in [-0.2, -0.15) is 0 Å². The van der Waals surface area contributed by atoms with Crippen LogP contribution in [-0.4, -0.2) is 60.0 Å². The second kappa shape index (κ2) is 9.98. The monoisotopic (exact) mass is 346 g/mol. The topological polar surface area (TPSA) is 81.6 Å². The molecule has 0 radical (unpaired) electrons. The highest BCUT2D eigenvalue weighted by atomic mass is 16.1. The molecule has 2 heterocycles. The molecule has 1 aromatic rings. The molecular weight excluding hydrogens is 316 g/mol. The standard InChI is InChI=1S/C18H30N6O/c1-4-20-18(23-15-7-10-24(11-8-15)14(2)3)21-13-17(25)22-16-6-5-9-19-12-16/h5-6,9,12,14-15H,4,7-8,10-11,13H2,1-3H3,(H,22,25)(H2,20,21,23). The van der Waals surface area contributed by atoms with E-state index in [4.69, 9.17) is 0 Å². The summed E-state index contributed by atoms with van der Waals surface area (Å²) in [7, 11) is 0. The molecule has 1 fully saturated rings. The van der Waals surface area contributed by atoms with Crippen LogP contribution in [0.4, 0.5) is 5.69 Å². The number of hydrogen-bond donors (Lipinski definition) is 3. The minimum absolute atomic E-state index is 0.0784. The van der Waals surface area contributed by atoms with E-state index in [-0.39, 0.29) is 12.5 Å². The molecule has 7 heteroatoms. The van der Waals surface area contributed by atoms with Gasteiger partial charge in [-0.1, -0.05) is 0 Å². The van der Waals surface area contributed by atoms with Gasteiger partial charge in [0, 0.05) is 37.9 Å². The first-order chi connectivity index (χ1) is 12.1. The summed E-state index contributed by atoms with van der Waals surface area (Å²) < 4.78 is 0. The summed E-state index contributed by atoms with van der Waals surface area (Å²) in [6.07, 6.45) is 5.47. The van der Waals surface area contributed by atoms with Gasteiger partial charge in [-0.25, -0.2) is 4.99 Å². The minimum atomic E-state index is -0.153. The predicted octanol–water partition coefficient (Wildman–Crippen LogP) is 1.45. The summed E-state index contributed by atoms with van der Waals surface area (Å²) in [5, 5.41) is 9.46. The molecule has 1 amide bonds. The Hall–Kier alpha value is -2.15. The van der Waals surface area contributed by atoms with Gasteiger partial charge in [-0.05, 0) is 45.7 Å². The Morgan fingerprint density at radius 1 is 1.40 bits per heavy atom. The van der Waals surface area contributed by atoms with Crippen molar-refractivity contribution in [3.05, 3.63) is 24.5 Å². The average Bonchev–Trinajstić information content (AvgIpc) is 2.61. The highest BCUT2D eigenvalue weighted by Crippen LogP contribution is 2.12. The Morgan fingerprint density at radius 2 is 2.16 bits per heavy atom. The third-order valence-electron chi connectivity index (χ3n) is 4.27. The van der Waals surface area contributed by atoms with Crippen LogP contribution in [0, 0.1) is 0 Å². The van der Waals surface area contributed by atoms with Crippen LogP contribution in [0.1, 0.15) is 33.6 Å².